The molecule has 8 aromatic carbocycles. The summed E-state index contributed by atoms with van der Waals surface area (Å²) in [6, 6.07) is 55.4. The van der Waals surface area contributed by atoms with E-state index >= 15 is 0 Å². The lowest BCUT2D eigenvalue weighted by molar-refractivity contribution is 1.34. The second kappa shape index (κ2) is 12.0. The highest BCUT2D eigenvalue weighted by atomic mass is 14.9. The third-order valence-electron chi connectivity index (χ3n) is 8.45. The van der Waals surface area contributed by atoms with Crippen molar-refractivity contribution in [3.05, 3.63) is 170 Å². The van der Waals surface area contributed by atoms with Gasteiger partial charge in [-0.25, -0.2) is 9.97 Å². The number of fused-ring (bicyclic) bond motifs is 2. The lowest BCUT2D eigenvalue weighted by atomic mass is 9.85. The molecule has 0 aliphatic heterocycles. The summed E-state index contributed by atoms with van der Waals surface area (Å²) in [5.41, 5.74) is 9.37. The van der Waals surface area contributed by atoms with Gasteiger partial charge >= 0.3 is 0 Å². The largest absolute Gasteiger partial charge is 0.345 e. The lowest BCUT2D eigenvalue weighted by Crippen LogP contribution is -1.91. The number of imidazole rings is 2. The molecule has 0 saturated heterocycles. The monoisotopic (exact) mass is 590 g/mol. The highest BCUT2D eigenvalue weighted by molar-refractivity contribution is 6.27. The van der Waals surface area contributed by atoms with Crippen LogP contribution in [0.3, 0.4) is 0 Å². The van der Waals surface area contributed by atoms with Gasteiger partial charge in [0.25, 0.3) is 0 Å². The van der Waals surface area contributed by atoms with E-state index in [0.29, 0.717) is 0 Å². The molecule has 218 valence electrons. The van der Waals surface area contributed by atoms with Gasteiger partial charge in [-0.3, -0.25) is 0 Å². The van der Waals surface area contributed by atoms with Gasteiger partial charge in [0.15, 0.2) is 0 Å². The van der Waals surface area contributed by atoms with E-state index in [4.69, 9.17) is 0 Å². The number of aromatic amines is 2. The van der Waals surface area contributed by atoms with Crippen molar-refractivity contribution in [2.24, 2.45) is 0 Å². The summed E-state index contributed by atoms with van der Waals surface area (Å²) in [5, 5.41) is 7.98. The first-order chi connectivity index (χ1) is 22.8. The number of nitrogens with one attached hydrogen (secondary N) is 2. The number of hydrogen-bond donors (Lipinski definition) is 2. The Hall–Kier alpha value is -6.26. The SMILES string of the molecule is c1ccc(-c2cc3ccc4cccc5ccc(c2-c2ccccc2)c3c45)cc1.c1ccc2[nH]cnc2c1.c1ccc2[nH]cnc2c1. The van der Waals surface area contributed by atoms with Crippen molar-refractivity contribution in [2.45, 2.75) is 0 Å². The molecule has 2 heterocycles. The van der Waals surface area contributed by atoms with Crippen LogP contribution >= 0.6 is 0 Å². The average Bonchev–Trinajstić information content (AvgIpc) is 3.82. The van der Waals surface area contributed by atoms with E-state index in [9.17, 15) is 0 Å². The molecule has 0 aliphatic carbocycles. The zero-order valence-electron chi connectivity index (χ0n) is 25.1. The molecule has 0 bridgehead atoms. The topological polar surface area (TPSA) is 57.4 Å². The van der Waals surface area contributed by atoms with Crippen molar-refractivity contribution in [3.8, 4) is 22.3 Å². The van der Waals surface area contributed by atoms with Crippen LogP contribution in [0.25, 0.3) is 76.6 Å². The van der Waals surface area contributed by atoms with Crippen molar-refractivity contribution in [1.82, 2.24) is 19.9 Å². The van der Waals surface area contributed by atoms with Crippen molar-refractivity contribution in [2.75, 3.05) is 0 Å². The molecule has 0 fully saturated rings. The third kappa shape index (κ3) is 5.12. The molecule has 10 rings (SSSR count). The number of aromatic nitrogens is 4. The molecular formula is C42H30N4. The predicted octanol–water partition coefficient (Wildman–Crippen LogP) is 11.0. The van der Waals surface area contributed by atoms with Gasteiger partial charge in [-0.05, 0) is 84.9 Å². The molecule has 0 aliphatic rings. The van der Waals surface area contributed by atoms with Crippen LogP contribution < -0.4 is 0 Å². The van der Waals surface area contributed by atoms with E-state index in [2.05, 4.69) is 129 Å². The van der Waals surface area contributed by atoms with E-state index in [0.717, 1.165) is 22.1 Å². The quantitative estimate of drug-likeness (QED) is 0.197. The van der Waals surface area contributed by atoms with Crippen molar-refractivity contribution in [3.63, 3.8) is 0 Å². The van der Waals surface area contributed by atoms with Crippen molar-refractivity contribution < 1.29 is 0 Å². The van der Waals surface area contributed by atoms with E-state index in [1.165, 1.54) is 54.6 Å². The normalized spacial score (nSPS) is 11.0. The average molecular weight is 591 g/mol. The van der Waals surface area contributed by atoms with E-state index in [1.807, 2.05) is 48.5 Å². The van der Waals surface area contributed by atoms with Crippen LogP contribution in [0.5, 0.6) is 0 Å². The van der Waals surface area contributed by atoms with Crippen molar-refractivity contribution in [1.29, 1.82) is 0 Å². The van der Waals surface area contributed by atoms with Crippen LogP contribution in [0, 0.1) is 0 Å². The summed E-state index contributed by atoms with van der Waals surface area (Å²) >= 11 is 0. The number of benzene rings is 8. The summed E-state index contributed by atoms with van der Waals surface area (Å²) in [5.74, 6) is 0. The molecule has 0 atom stereocenters. The Morgan fingerprint density at radius 1 is 0.391 bits per heavy atom. The molecule has 46 heavy (non-hydrogen) atoms. The molecule has 0 saturated carbocycles. The third-order valence-corrected chi connectivity index (χ3v) is 8.45. The Bertz CT molecular complexity index is 2390. The smallest absolute Gasteiger partial charge is 0.0931 e. The Morgan fingerprint density at radius 2 is 0.913 bits per heavy atom. The number of nitrogens with zero attached hydrogens (tertiary/aromatic N) is 2. The van der Waals surface area contributed by atoms with Gasteiger partial charge in [0.2, 0.25) is 0 Å². The second-order valence-corrected chi connectivity index (χ2v) is 11.2. The summed E-state index contributed by atoms with van der Waals surface area (Å²) < 4.78 is 0. The number of hydrogen-bond acceptors (Lipinski definition) is 2. The Balaban J connectivity index is 0.000000140. The molecule has 4 nitrogen and oxygen atoms in total. The maximum Gasteiger partial charge on any atom is 0.0931 e. The first-order valence-electron chi connectivity index (χ1n) is 15.4. The fourth-order valence-electron chi connectivity index (χ4n) is 6.33. The minimum Gasteiger partial charge on any atom is -0.345 e. The first-order valence-corrected chi connectivity index (χ1v) is 15.4. The standard InChI is InChI=1S/C28H18.2C7H6N2/c1-3-8-19(9-4-1)25-18-23-15-14-21-12-7-13-22-16-17-24(28(23)26(21)22)27(25)20-10-5-2-6-11-20;2*1-2-4-7-6(3-1)8-5-9-7/h1-18H;2*1-5H,(H,8,9). The van der Waals surface area contributed by atoms with Crippen LogP contribution in [-0.2, 0) is 0 Å². The highest BCUT2D eigenvalue weighted by Crippen LogP contribution is 2.44. The number of para-hydroxylation sites is 4. The van der Waals surface area contributed by atoms with Gasteiger partial charge in [0.1, 0.15) is 0 Å². The Kier molecular flexibility index (Phi) is 7.14. The zero-order valence-corrected chi connectivity index (χ0v) is 25.1. The molecule has 0 spiro atoms. The van der Waals surface area contributed by atoms with Gasteiger partial charge in [0, 0.05) is 0 Å². The second-order valence-electron chi connectivity index (χ2n) is 11.2. The van der Waals surface area contributed by atoms with Crippen LogP contribution in [0.2, 0.25) is 0 Å². The predicted molar refractivity (Wildman–Crippen MR) is 193 cm³/mol. The molecule has 10 aromatic rings. The van der Waals surface area contributed by atoms with E-state index in [-0.39, 0.29) is 0 Å². The summed E-state index contributed by atoms with van der Waals surface area (Å²) in [6.07, 6.45) is 3.40. The van der Waals surface area contributed by atoms with E-state index < -0.39 is 0 Å². The minimum atomic E-state index is 1.03. The van der Waals surface area contributed by atoms with Crippen LogP contribution in [0.1, 0.15) is 0 Å². The number of rotatable bonds is 2. The highest BCUT2D eigenvalue weighted by Gasteiger charge is 2.16. The Morgan fingerprint density at radius 3 is 1.52 bits per heavy atom. The molecule has 0 unspecified atom stereocenters. The summed E-state index contributed by atoms with van der Waals surface area (Å²) in [4.78, 5) is 14.1. The van der Waals surface area contributed by atoms with Crippen LogP contribution in [0.4, 0.5) is 0 Å². The summed E-state index contributed by atoms with van der Waals surface area (Å²) in [7, 11) is 0. The molecule has 0 amide bonds. The van der Waals surface area contributed by atoms with Crippen LogP contribution in [-0.4, -0.2) is 19.9 Å². The number of H-pyrrole nitrogens is 2. The maximum atomic E-state index is 4.06. The molecular weight excluding hydrogens is 560 g/mol. The molecule has 4 heteroatoms. The van der Waals surface area contributed by atoms with Crippen molar-refractivity contribution >= 4 is 54.4 Å². The van der Waals surface area contributed by atoms with Gasteiger partial charge < -0.3 is 9.97 Å². The van der Waals surface area contributed by atoms with Crippen LogP contribution in [0.15, 0.2) is 170 Å². The van der Waals surface area contributed by atoms with Gasteiger partial charge in [-0.1, -0.05) is 127 Å². The zero-order chi connectivity index (χ0) is 30.7. The fraction of sp³-hybridized carbons (Fsp3) is 0. The fourth-order valence-corrected chi connectivity index (χ4v) is 6.33. The minimum absolute atomic E-state index is 1.03. The lowest BCUT2D eigenvalue weighted by Gasteiger charge is -2.18. The molecule has 2 N–H and O–H groups in total. The van der Waals surface area contributed by atoms with Gasteiger partial charge in [-0.15, -0.1) is 0 Å². The first kappa shape index (κ1) is 27.3. The van der Waals surface area contributed by atoms with Gasteiger partial charge in [0.05, 0.1) is 34.7 Å². The van der Waals surface area contributed by atoms with E-state index in [1.54, 1.807) is 12.7 Å². The maximum absolute atomic E-state index is 4.06. The molecule has 0 radical (unpaired) electrons. The van der Waals surface area contributed by atoms with Gasteiger partial charge in [-0.2, -0.15) is 0 Å². The Labute approximate surface area is 266 Å². The summed E-state index contributed by atoms with van der Waals surface area (Å²) in [6.45, 7) is 0. The molecule has 2 aromatic heterocycles.